The summed E-state index contributed by atoms with van der Waals surface area (Å²) in [6, 6.07) is 14.0. The van der Waals surface area contributed by atoms with Gasteiger partial charge in [0.1, 0.15) is 17.3 Å². The molecule has 0 unspecified atom stereocenters. The van der Waals surface area contributed by atoms with Crippen LogP contribution in [0.5, 0.6) is 0 Å². The number of benzene rings is 2. The largest absolute Gasteiger partial charge is 0.467 e. The lowest BCUT2D eigenvalue weighted by Crippen LogP contribution is -2.48. The second kappa shape index (κ2) is 16.1. The smallest absolute Gasteiger partial charge is 0.408 e. The van der Waals surface area contributed by atoms with Gasteiger partial charge in [-0.25, -0.2) is 19.2 Å². The summed E-state index contributed by atoms with van der Waals surface area (Å²) < 4.78 is 19.3. The lowest BCUT2D eigenvalue weighted by atomic mass is 10.0. The van der Waals surface area contributed by atoms with Crippen molar-refractivity contribution in [1.29, 1.82) is 0 Å². The van der Waals surface area contributed by atoms with Crippen LogP contribution in [0.15, 0.2) is 60.7 Å². The van der Waals surface area contributed by atoms with Gasteiger partial charge in [0.2, 0.25) is 0 Å². The Morgan fingerprint density at radius 1 is 0.667 bits per heavy atom. The van der Waals surface area contributed by atoms with Crippen LogP contribution in [0.25, 0.3) is 0 Å². The molecule has 0 aliphatic carbocycles. The number of carbonyl (C=O) groups is 5. The predicted octanol–water partition coefficient (Wildman–Crippen LogP) is 3.72. The summed E-state index contributed by atoms with van der Waals surface area (Å²) in [7, 11) is 2.33. The van der Waals surface area contributed by atoms with Gasteiger partial charge in [0.05, 0.1) is 14.2 Å². The van der Waals surface area contributed by atoms with Gasteiger partial charge in [-0.3, -0.25) is 4.79 Å². The van der Waals surface area contributed by atoms with Crippen molar-refractivity contribution in [3.05, 3.63) is 71.8 Å². The first-order valence-electron chi connectivity index (χ1n) is 13.0. The number of hydrogen-bond donors (Lipinski definition) is 3. The van der Waals surface area contributed by atoms with Crippen molar-refractivity contribution in [1.82, 2.24) is 10.6 Å². The van der Waals surface area contributed by atoms with Gasteiger partial charge in [-0.05, 0) is 47.1 Å². The number of carbonyl (C=O) groups excluding carboxylic acids is 5. The molecule has 12 heteroatoms. The highest BCUT2D eigenvalue weighted by Crippen LogP contribution is 2.18. The van der Waals surface area contributed by atoms with Gasteiger partial charge in [0.15, 0.2) is 17.9 Å². The first-order chi connectivity index (χ1) is 19.5. The molecule has 2 rings (SSSR count). The maximum absolute atomic E-state index is 12.3. The minimum Gasteiger partial charge on any atom is -0.467 e. The Morgan fingerprint density at radius 2 is 1.10 bits per heavy atom. The summed E-state index contributed by atoms with van der Waals surface area (Å²) in [5, 5.41) is 14.8. The zero-order valence-corrected chi connectivity index (χ0v) is 25.1. The topological polar surface area (TPSA) is 167 Å². The molecule has 3 N–H and O–H groups in total. The van der Waals surface area contributed by atoms with Crippen molar-refractivity contribution in [3.8, 4) is 0 Å². The van der Waals surface area contributed by atoms with Gasteiger partial charge < -0.3 is 34.7 Å². The van der Waals surface area contributed by atoms with E-state index >= 15 is 0 Å². The minimum atomic E-state index is -1.44. The van der Waals surface area contributed by atoms with E-state index in [1.807, 2.05) is 0 Å². The van der Waals surface area contributed by atoms with Gasteiger partial charge in [-0.15, -0.1) is 0 Å². The van der Waals surface area contributed by atoms with E-state index in [-0.39, 0.29) is 0 Å². The monoisotopic (exact) mass is 588 g/mol. The molecule has 0 heterocycles. The number of esters is 2. The van der Waals surface area contributed by atoms with E-state index in [1.165, 1.54) is 7.11 Å². The van der Waals surface area contributed by atoms with Crippen molar-refractivity contribution in [2.45, 2.75) is 70.9 Å². The number of ether oxygens (including phenoxy) is 4. The summed E-state index contributed by atoms with van der Waals surface area (Å²) in [4.78, 5) is 59.3. The number of ketones is 1. The molecule has 0 bridgehead atoms. The number of hydrogen-bond acceptors (Lipinski definition) is 10. The van der Waals surface area contributed by atoms with Crippen molar-refractivity contribution >= 4 is 29.9 Å². The molecule has 230 valence electrons. The fraction of sp³-hybridized carbons (Fsp3) is 0.433. The number of aliphatic hydroxyl groups is 1. The summed E-state index contributed by atoms with van der Waals surface area (Å²) in [5.41, 5.74) is -0.656. The zero-order valence-electron chi connectivity index (χ0n) is 25.1. The molecule has 2 aromatic rings. The average Bonchev–Trinajstić information content (AvgIpc) is 2.92. The Hall–Kier alpha value is -4.45. The number of Topliss-reactive ketones (excluding diaryl/α,β-unsaturated/α-hetero) is 1. The Balaban J connectivity index is 0.000000420. The predicted molar refractivity (Wildman–Crippen MR) is 153 cm³/mol. The molecule has 3 atom stereocenters. The molecule has 0 aliphatic heterocycles. The number of methoxy groups -OCH3 is 2. The first kappa shape index (κ1) is 35.6. The molecule has 0 saturated heterocycles. The fourth-order valence-corrected chi connectivity index (χ4v) is 3.21. The van der Waals surface area contributed by atoms with Crippen LogP contribution in [0.4, 0.5) is 9.59 Å². The molecule has 42 heavy (non-hydrogen) atoms. The molecular formula is C30H40N2O10. The maximum atomic E-state index is 12.3. The molecule has 0 aliphatic rings. The lowest BCUT2D eigenvalue weighted by molar-refractivity contribution is -0.146. The van der Waals surface area contributed by atoms with Crippen molar-refractivity contribution < 1.29 is 48.0 Å². The van der Waals surface area contributed by atoms with E-state index in [0.717, 1.165) is 7.11 Å². The van der Waals surface area contributed by atoms with E-state index in [1.54, 1.807) is 102 Å². The molecule has 0 spiro atoms. The number of nitrogens with one attached hydrogen (secondary N) is 2. The van der Waals surface area contributed by atoms with E-state index in [2.05, 4.69) is 20.1 Å². The highest BCUT2D eigenvalue weighted by Gasteiger charge is 2.33. The minimum absolute atomic E-state index is 0.295. The number of amides is 2. The zero-order chi connectivity index (χ0) is 32.1. The normalized spacial score (nSPS) is 13.1. The van der Waals surface area contributed by atoms with Crippen LogP contribution < -0.4 is 10.6 Å². The lowest BCUT2D eigenvalue weighted by Gasteiger charge is -2.25. The summed E-state index contributed by atoms with van der Waals surface area (Å²) in [6.45, 7) is 10.1. The fourth-order valence-electron chi connectivity index (χ4n) is 3.21. The third-order valence-electron chi connectivity index (χ3n) is 5.00. The van der Waals surface area contributed by atoms with Gasteiger partial charge in [-0.1, -0.05) is 60.7 Å². The van der Waals surface area contributed by atoms with E-state index in [4.69, 9.17) is 9.47 Å². The second-order valence-corrected chi connectivity index (χ2v) is 10.8. The third kappa shape index (κ3) is 12.8. The summed E-state index contributed by atoms with van der Waals surface area (Å²) >= 11 is 0. The van der Waals surface area contributed by atoms with Crippen LogP contribution in [0.1, 0.15) is 63.6 Å². The van der Waals surface area contributed by atoms with Gasteiger partial charge in [0, 0.05) is 5.56 Å². The Kier molecular flexibility index (Phi) is 13.6. The second-order valence-electron chi connectivity index (χ2n) is 10.8. The van der Waals surface area contributed by atoms with Crippen molar-refractivity contribution in [2.75, 3.05) is 14.2 Å². The van der Waals surface area contributed by atoms with E-state index in [0.29, 0.717) is 11.1 Å². The molecule has 2 amide bonds. The molecule has 0 aromatic heterocycles. The van der Waals surface area contributed by atoms with Crippen LogP contribution in [0.3, 0.4) is 0 Å². The van der Waals surface area contributed by atoms with Crippen LogP contribution in [-0.2, 0) is 28.5 Å². The Morgan fingerprint density at radius 3 is 1.52 bits per heavy atom. The van der Waals surface area contributed by atoms with Crippen LogP contribution >= 0.6 is 0 Å². The first-order valence-corrected chi connectivity index (χ1v) is 13.0. The molecule has 12 nitrogen and oxygen atoms in total. The van der Waals surface area contributed by atoms with Crippen molar-refractivity contribution in [3.63, 3.8) is 0 Å². The molecule has 0 radical (unpaired) electrons. The Bertz CT molecular complexity index is 1190. The van der Waals surface area contributed by atoms with E-state index in [9.17, 15) is 29.1 Å². The van der Waals surface area contributed by atoms with Crippen LogP contribution in [0.2, 0.25) is 0 Å². The quantitative estimate of drug-likeness (QED) is 0.179. The highest BCUT2D eigenvalue weighted by molar-refractivity contribution is 6.13. The van der Waals surface area contributed by atoms with Gasteiger partial charge in [-0.2, -0.15) is 0 Å². The van der Waals surface area contributed by atoms with Crippen LogP contribution in [0, 0.1) is 0 Å². The van der Waals surface area contributed by atoms with Gasteiger partial charge >= 0.3 is 24.1 Å². The highest BCUT2D eigenvalue weighted by atomic mass is 16.6. The van der Waals surface area contributed by atoms with Gasteiger partial charge in [0.25, 0.3) is 0 Å². The molecule has 0 fully saturated rings. The standard InChI is InChI=1S/C15H21NO5.C15H19NO5/c2*1-15(2,3)21-14(19)16-11(13(18)20-4)12(17)10-8-6-5-7-9-10/h5-9,11-12,17H,1-4H3,(H,16,19);5-9,11H,1-4H3,(H,16,19)/t11-,12+;11-/m00/s1. The van der Waals surface area contributed by atoms with Crippen LogP contribution in [-0.4, -0.2) is 72.5 Å². The molecule has 2 aromatic carbocycles. The van der Waals surface area contributed by atoms with Crippen molar-refractivity contribution in [2.24, 2.45) is 0 Å². The maximum Gasteiger partial charge on any atom is 0.408 e. The third-order valence-corrected chi connectivity index (χ3v) is 5.00. The molecule has 0 saturated carbocycles. The summed E-state index contributed by atoms with van der Waals surface area (Å²) in [6.07, 6.45) is -2.89. The Labute approximate surface area is 245 Å². The number of aliphatic hydroxyl groups excluding tert-OH is 1. The SMILES string of the molecule is COC(=O)[C@@H](NC(=O)OC(C)(C)C)C(=O)c1ccccc1.COC(=O)[C@@H](NC(=O)OC(C)(C)C)[C@H](O)c1ccccc1. The average molecular weight is 589 g/mol. The van der Waals surface area contributed by atoms with E-state index < -0.39 is 59.3 Å². The molecular weight excluding hydrogens is 548 g/mol. The number of alkyl carbamates (subject to hydrolysis) is 2. The number of rotatable bonds is 8. The summed E-state index contributed by atoms with van der Waals surface area (Å²) in [5.74, 6) is -2.17.